The van der Waals surface area contributed by atoms with Crippen molar-refractivity contribution in [2.75, 3.05) is 13.1 Å². The lowest BCUT2D eigenvalue weighted by molar-refractivity contribution is 0.0692. The fraction of sp³-hybridized carbons (Fsp3) is 0.500. The molecule has 5 nitrogen and oxygen atoms in total. The Hall–Kier alpha value is -1.47. The van der Waals surface area contributed by atoms with E-state index >= 15 is 0 Å². The Morgan fingerprint density at radius 2 is 1.86 bits per heavy atom. The van der Waals surface area contributed by atoms with E-state index in [0.29, 0.717) is 25.9 Å². The van der Waals surface area contributed by atoms with Crippen molar-refractivity contribution in [3.8, 4) is 0 Å². The molecule has 0 amide bonds. The molecule has 0 aromatic heterocycles. The molecule has 0 bridgehead atoms. The minimum Gasteiger partial charge on any atom is -0.478 e. The van der Waals surface area contributed by atoms with Gasteiger partial charge in [0.05, 0.1) is 10.5 Å². The van der Waals surface area contributed by atoms with E-state index in [0.717, 1.165) is 18.2 Å². The van der Waals surface area contributed by atoms with E-state index in [1.54, 1.807) is 0 Å². The Bertz CT molecular complexity index is 660. The SMILES string of the molecule is CC1(C)CCN(S(=O)(=O)c2cc(F)ccc2C(=O)O)CC1. The molecule has 0 saturated carbocycles. The lowest BCUT2D eigenvalue weighted by atomic mass is 9.83. The van der Waals surface area contributed by atoms with Crippen molar-refractivity contribution in [2.45, 2.75) is 31.6 Å². The number of carboxylic acid groups (broad SMARTS) is 1. The smallest absolute Gasteiger partial charge is 0.337 e. The summed E-state index contributed by atoms with van der Waals surface area (Å²) in [5, 5.41) is 9.10. The summed E-state index contributed by atoms with van der Waals surface area (Å²) in [5.74, 6) is -2.15. The molecule has 0 atom stereocenters. The van der Waals surface area contributed by atoms with Crippen LogP contribution in [0.5, 0.6) is 0 Å². The normalized spacial score (nSPS) is 19.4. The largest absolute Gasteiger partial charge is 0.478 e. The first-order chi connectivity index (χ1) is 9.63. The van der Waals surface area contributed by atoms with Crippen molar-refractivity contribution >= 4 is 16.0 Å². The number of halogens is 1. The standard InChI is InChI=1S/C14H18FNO4S/c1-14(2)5-7-16(8-6-14)21(19,20)12-9-10(15)3-4-11(12)13(17)18/h3-4,9H,5-8H2,1-2H3,(H,17,18). The average molecular weight is 315 g/mol. The van der Waals surface area contributed by atoms with Crippen LogP contribution in [0, 0.1) is 11.2 Å². The predicted octanol–water partition coefficient (Wildman–Crippen LogP) is 2.33. The molecule has 0 radical (unpaired) electrons. The molecule has 21 heavy (non-hydrogen) atoms. The lowest BCUT2D eigenvalue weighted by Gasteiger charge is -2.36. The summed E-state index contributed by atoms with van der Waals surface area (Å²) < 4.78 is 39.7. The van der Waals surface area contributed by atoms with E-state index in [4.69, 9.17) is 5.11 Å². The predicted molar refractivity (Wildman–Crippen MR) is 75.1 cm³/mol. The second-order valence-electron chi connectivity index (χ2n) is 6.01. The number of nitrogens with zero attached hydrogens (tertiary/aromatic N) is 1. The van der Waals surface area contributed by atoms with Crippen LogP contribution in [0.4, 0.5) is 4.39 Å². The van der Waals surface area contributed by atoms with Crippen LogP contribution < -0.4 is 0 Å². The molecule has 0 unspecified atom stereocenters. The maximum Gasteiger partial charge on any atom is 0.337 e. The number of benzene rings is 1. The van der Waals surface area contributed by atoms with E-state index < -0.39 is 32.3 Å². The van der Waals surface area contributed by atoms with E-state index in [2.05, 4.69) is 13.8 Å². The van der Waals surface area contributed by atoms with Gasteiger partial charge in [0, 0.05) is 13.1 Å². The summed E-state index contributed by atoms with van der Waals surface area (Å²) in [5.41, 5.74) is -0.343. The number of carbonyl (C=O) groups is 1. The van der Waals surface area contributed by atoms with Crippen molar-refractivity contribution in [3.05, 3.63) is 29.6 Å². The van der Waals surface area contributed by atoms with Crippen LogP contribution in [-0.4, -0.2) is 36.9 Å². The number of sulfonamides is 1. The van der Waals surface area contributed by atoms with Gasteiger partial charge in [0.15, 0.2) is 0 Å². The van der Waals surface area contributed by atoms with Crippen LogP contribution in [-0.2, 0) is 10.0 Å². The van der Waals surface area contributed by atoms with Gasteiger partial charge in [-0.1, -0.05) is 13.8 Å². The van der Waals surface area contributed by atoms with Gasteiger partial charge in [-0.2, -0.15) is 4.31 Å². The molecule has 1 aliphatic heterocycles. The maximum absolute atomic E-state index is 13.4. The third kappa shape index (κ3) is 3.24. The molecule has 1 saturated heterocycles. The third-order valence-electron chi connectivity index (χ3n) is 3.87. The molecule has 116 valence electrons. The summed E-state index contributed by atoms with van der Waals surface area (Å²) in [6.45, 7) is 4.74. The van der Waals surface area contributed by atoms with Gasteiger partial charge < -0.3 is 5.11 Å². The van der Waals surface area contributed by atoms with Gasteiger partial charge in [-0.05, 0) is 36.5 Å². The summed E-state index contributed by atoms with van der Waals surface area (Å²) >= 11 is 0. The summed E-state index contributed by atoms with van der Waals surface area (Å²) in [6.07, 6.45) is 1.37. The molecule has 7 heteroatoms. The fourth-order valence-electron chi connectivity index (χ4n) is 2.36. The highest BCUT2D eigenvalue weighted by atomic mass is 32.2. The number of piperidine rings is 1. The highest BCUT2D eigenvalue weighted by Crippen LogP contribution is 2.33. The Morgan fingerprint density at radius 1 is 1.29 bits per heavy atom. The lowest BCUT2D eigenvalue weighted by Crippen LogP contribution is -2.41. The van der Waals surface area contributed by atoms with Crippen LogP contribution in [0.25, 0.3) is 0 Å². The molecule has 1 aliphatic rings. The summed E-state index contributed by atoms with van der Waals surface area (Å²) in [6, 6.07) is 2.71. The highest BCUT2D eigenvalue weighted by molar-refractivity contribution is 7.89. The number of hydrogen-bond donors (Lipinski definition) is 1. The Balaban J connectivity index is 2.41. The average Bonchev–Trinajstić information content (AvgIpc) is 2.37. The molecule has 1 heterocycles. The van der Waals surface area contributed by atoms with Crippen molar-refractivity contribution in [2.24, 2.45) is 5.41 Å². The zero-order chi connectivity index (χ0) is 15.8. The van der Waals surface area contributed by atoms with Crippen molar-refractivity contribution < 1.29 is 22.7 Å². The molecule has 1 fully saturated rings. The second kappa shape index (κ2) is 5.38. The van der Waals surface area contributed by atoms with Gasteiger partial charge >= 0.3 is 5.97 Å². The first-order valence-electron chi connectivity index (χ1n) is 6.66. The van der Waals surface area contributed by atoms with Crippen LogP contribution in [0.15, 0.2) is 23.1 Å². The van der Waals surface area contributed by atoms with Crippen LogP contribution in [0.1, 0.15) is 37.0 Å². The summed E-state index contributed by atoms with van der Waals surface area (Å²) in [4.78, 5) is 10.7. The number of rotatable bonds is 3. The van der Waals surface area contributed by atoms with Crippen LogP contribution in [0.3, 0.4) is 0 Å². The fourth-order valence-corrected chi connectivity index (χ4v) is 3.99. The van der Waals surface area contributed by atoms with E-state index in [1.807, 2.05) is 0 Å². The highest BCUT2D eigenvalue weighted by Gasteiger charge is 2.34. The molecule has 0 aliphatic carbocycles. The second-order valence-corrected chi connectivity index (χ2v) is 7.92. The van der Waals surface area contributed by atoms with E-state index in [1.165, 1.54) is 4.31 Å². The molecule has 0 spiro atoms. The molecular formula is C14H18FNO4S. The molecule has 2 rings (SSSR count). The van der Waals surface area contributed by atoms with Crippen LogP contribution in [0.2, 0.25) is 0 Å². The van der Waals surface area contributed by atoms with Crippen molar-refractivity contribution in [1.82, 2.24) is 4.31 Å². The van der Waals surface area contributed by atoms with Crippen LogP contribution >= 0.6 is 0 Å². The third-order valence-corrected chi connectivity index (χ3v) is 5.81. The number of aromatic carboxylic acids is 1. The molecular weight excluding hydrogens is 297 g/mol. The van der Waals surface area contributed by atoms with Crippen molar-refractivity contribution in [3.63, 3.8) is 0 Å². The zero-order valence-corrected chi connectivity index (χ0v) is 12.8. The van der Waals surface area contributed by atoms with Gasteiger partial charge in [-0.3, -0.25) is 0 Å². The minimum absolute atomic E-state index is 0.0591. The topological polar surface area (TPSA) is 74.7 Å². The first-order valence-corrected chi connectivity index (χ1v) is 8.10. The first kappa shape index (κ1) is 15.9. The van der Waals surface area contributed by atoms with E-state index in [9.17, 15) is 17.6 Å². The quantitative estimate of drug-likeness (QED) is 0.929. The Labute approximate surface area is 123 Å². The Kier molecular flexibility index (Phi) is 4.08. The molecule has 1 N–H and O–H groups in total. The van der Waals surface area contributed by atoms with Crippen molar-refractivity contribution in [1.29, 1.82) is 0 Å². The maximum atomic E-state index is 13.4. The van der Waals surface area contributed by atoms with Gasteiger partial charge in [-0.15, -0.1) is 0 Å². The van der Waals surface area contributed by atoms with Gasteiger partial charge in [0.1, 0.15) is 5.82 Å². The minimum atomic E-state index is -4.00. The van der Waals surface area contributed by atoms with Gasteiger partial charge in [0.25, 0.3) is 0 Å². The number of hydrogen-bond acceptors (Lipinski definition) is 3. The monoisotopic (exact) mass is 315 g/mol. The number of carboxylic acids is 1. The van der Waals surface area contributed by atoms with Gasteiger partial charge in [0.2, 0.25) is 10.0 Å². The zero-order valence-electron chi connectivity index (χ0n) is 12.0. The molecule has 1 aromatic carbocycles. The van der Waals surface area contributed by atoms with Gasteiger partial charge in [-0.25, -0.2) is 17.6 Å². The van der Waals surface area contributed by atoms with E-state index in [-0.39, 0.29) is 5.41 Å². The summed E-state index contributed by atoms with van der Waals surface area (Å²) in [7, 11) is -4.00. The molecule has 1 aromatic rings. The Morgan fingerprint density at radius 3 is 2.38 bits per heavy atom.